The summed E-state index contributed by atoms with van der Waals surface area (Å²) in [5.74, 6) is 1.51. The summed E-state index contributed by atoms with van der Waals surface area (Å²) in [6, 6.07) is 11.2. The Morgan fingerprint density at radius 1 is 1.14 bits per heavy atom. The highest BCUT2D eigenvalue weighted by Gasteiger charge is 2.17. The van der Waals surface area contributed by atoms with Gasteiger partial charge in [0.1, 0.15) is 11.5 Å². The normalized spacial score (nSPS) is 12.0. The van der Waals surface area contributed by atoms with Crippen molar-refractivity contribution in [2.45, 2.75) is 12.3 Å². The summed E-state index contributed by atoms with van der Waals surface area (Å²) in [6.45, 7) is 2.56. The van der Waals surface area contributed by atoms with E-state index in [1.165, 1.54) is 0 Å². The van der Waals surface area contributed by atoms with Crippen molar-refractivity contribution in [3.8, 4) is 11.5 Å². The molecular formula is C16H15BrCl2O2. The highest BCUT2D eigenvalue weighted by Crippen LogP contribution is 2.39. The quantitative estimate of drug-likeness (QED) is 0.598. The van der Waals surface area contributed by atoms with E-state index < -0.39 is 0 Å². The molecule has 0 aliphatic heterocycles. The molecule has 5 heteroatoms. The van der Waals surface area contributed by atoms with Gasteiger partial charge >= 0.3 is 0 Å². The molecule has 0 heterocycles. The monoisotopic (exact) mass is 388 g/mol. The maximum Gasteiger partial charge on any atom is 0.133 e. The van der Waals surface area contributed by atoms with E-state index in [0.29, 0.717) is 17.4 Å². The summed E-state index contributed by atoms with van der Waals surface area (Å²) in [4.78, 5) is 0. The van der Waals surface area contributed by atoms with Gasteiger partial charge in [0.05, 0.1) is 23.6 Å². The number of benzene rings is 2. The molecule has 1 unspecified atom stereocenters. The molecule has 0 amide bonds. The first kappa shape index (κ1) is 16.5. The topological polar surface area (TPSA) is 18.5 Å². The van der Waals surface area contributed by atoms with Crippen LogP contribution in [-0.4, -0.2) is 13.7 Å². The lowest BCUT2D eigenvalue weighted by Crippen LogP contribution is -1.99. The van der Waals surface area contributed by atoms with E-state index in [1.807, 2.05) is 37.3 Å². The van der Waals surface area contributed by atoms with Crippen LogP contribution in [0.2, 0.25) is 5.02 Å². The van der Waals surface area contributed by atoms with Crippen LogP contribution in [0.15, 0.2) is 40.9 Å². The lowest BCUT2D eigenvalue weighted by atomic mass is 10.0. The van der Waals surface area contributed by atoms with Crippen LogP contribution in [0.25, 0.3) is 0 Å². The van der Waals surface area contributed by atoms with E-state index in [-0.39, 0.29) is 5.38 Å². The molecule has 2 nitrogen and oxygen atoms in total. The average Bonchev–Trinajstić information content (AvgIpc) is 2.48. The van der Waals surface area contributed by atoms with Crippen LogP contribution >= 0.6 is 39.1 Å². The van der Waals surface area contributed by atoms with Gasteiger partial charge in [-0.3, -0.25) is 0 Å². The van der Waals surface area contributed by atoms with Gasteiger partial charge in [-0.25, -0.2) is 0 Å². The Morgan fingerprint density at radius 2 is 1.86 bits per heavy atom. The van der Waals surface area contributed by atoms with E-state index in [4.69, 9.17) is 32.7 Å². The van der Waals surface area contributed by atoms with E-state index in [2.05, 4.69) is 15.9 Å². The third kappa shape index (κ3) is 3.85. The highest BCUT2D eigenvalue weighted by molar-refractivity contribution is 9.10. The zero-order chi connectivity index (χ0) is 15.4. The minimum Gasteiger partial charge on any atom is -0.496 e. The predicted octanol–water partition coefficient (Wildman–Crippen LogP) is 5.84. The molecule has 0 bridgehead atoms. The third-order valence-corrected chi connectivity index (χ3v) is 4.36. The van der Waals surface area contributed by atoms with Crippen molar-refractivity contribution in [2.24, 2.45) is 0 Å². The minimum absolute atomic E-state index is 0.356. The number of hydrogen-bond donors (Lipinski definition) is 0. The second-order valence-electron chi connectivity index (χ2n) is 4.37. The van der Waals surface area contributed by atoms with Crippen molar-refractivity contribution in [3.05, 3.63) is 57.0 Å². The summed E-state index contributed by atoms with van der Waals surface area (Å²) >= 11 is 16.1. The van der Waals surface area contributed by atoms with Crippen LogP contribution in [0.5, 0.6) is 11.5 Å². The number of ether oxygens (including phenoxy) is 2. The van der Waals surface area contributed by atoms with E-state index in [9.17, 15) is 0 Å². The number of alkyl halides is 1. The summed E-state index contributed by atoms with van der Waals surface area (Å²) in [5.41, 5.74) is 1.77. The number of hydrogen-bond acceptors (Lipinski definition) is 2. The van der Waals surface area contributed by atoms with Crippen LogP contribution in [-0.2, 0) is 0 Å². The molecule has 1 atom stereocenters. The molecule has 0 aromatic heterocycles. The summed E-state index contributed by atoms with van der Waals surface area (Å²) in [6.07, 6.45) is 0. The SMILES string of the molecule is CCOc1ccc(C(Cl)c2cc(Cl)ccc2OC)cc1Br. The van der Waals surface area contributed by atoms with Gasteiger partial charge in [-0.15, -0.1) is 11.6 Å². The smallest absolute Gasteiger partial charge is 0.133 e. The van der Waals surface area contributed by atoms with Crippen molar-refractivity contribution in [1.82, 2.24) is 0 Å². The zero-order valence-corrected chi connectivity index (χ0v) is 14.8. The molecule has 0 saturated carbocycles. The van der Waals surface area contributed by atoms with Gasteiger partial charge in [-0.1, -0.05) is 17.7 Å². The van der Waals surface area contributed by atoms with Gasteiger partial charge in [0, 0.05) is 10.6 Å². The molecule has 112 valence electrons. The largest absolute Gasteiger partial charge is 0.496 e. The maximum absolute atomic E-state index is 6.59. The lowest BCUT2D eigenvalue weighted by molar-refractivity contribution is 0.338. The summed E-state index contributed by atoms with van der Waals surface area (Å²) in [7, 11) is 1.62. The Hall–Kier alpha value is -0.900. The Bertz CT molecular complexity index is 632. The van der Waals surface area contributed by atoms with Gasteiger partial charge in [0.25, 0.3) is 0 Å². The molecule has 0 aliphatic rings. The average molecular weight is 390 g/mol. The highest BCUT2D eigenvalue weighted by atomic mass is 79.9. The molecular weight excluding hydrogens is 375 g/mol. The van der Waals surface area contributed by atoms with Gasteiger partial charge in [-0.2, -0.15) is 0 Å². The van der Waals surface area contributed by atoms with Gasteiger partial charge in [0.15, 0.2) is 0 Å². The standard InChI is InChI=1S/C16H15BrCl2O2/c1-3-21-15-6-4-10(8-13(15)17)16(19)12-9-11(18)5-7-14(12)20-2/h4-9,16H,3H2,1-2H3. The van der Waals surface area contributed by atoms with Crippen molar-refractivity contribution in [2.75, 3.05) is 13.7 Å². The Labute approximate surface area is 143 Å². The molecule has 0 aliphatic carbocycles. The van der Waals surface area contributed by atoms with Crippen LogP contribution in [0.4, 0.5) is 0 Å². The second-order valence-corrected chi connectivity index (χ2v) is 6.10. The molecule has 0 radical (unpaired) electrons. The van der Waals surface area contributed by atoms with Crippen molar-refractivity contribution in [3.63, 3.8) is 0 Å². The lowest BCUT2D eigenvalue weighted by Gasteiger charge is -2.16. The molecule has 0 saturated heterocycles. The first-order valence-electron chi connectivity index (χ1n) is 6.46. The fraction of sp³-hybridized carbons (Fsp3) is 0.250. The summed E-state index contributed by atoms with van der Waals surface area (Å²) in [5, 5.41) is 0.270. The van der Waals surface area contributed by atoms with Crippen LogP contribution in [0, 0.1) is 0 Å². The molecule has 0 fully saturated rings. The van der Waals surface area contributed by atoms with Gasteiger partial charge < -0.3 is 9.47 Å². The van der Waals surface area contributed by atoms with Crippen LogP contribution in [0.1, 0.15) is 23.4 Å². The van der Waals surface area contributed by atoms with E-state index in [0.717, 1.165) is 21.3 Å². The number of rotatable bonds is 5. The fourth-order valence-electron chi connectivity index (χ4n) is 2.03. The maximum atomic E-state index is 6.59. The molecule has 0 N–H and O–H groups in total. The third-order valence-electron chi connectivity index (χ3n) is 3.01. The number of halogens is 3. The molecule has 2 aromatic rings. The molecule has 2 aromatic carbocycles. The van der Waals surface area contributed by atoms with E-state index >= 15 is 0 Å². The fourth-order valence-corrected chi connectivity index (χ4v) is 3.03. The zero-order valence-electron chi connectivity index (χ0n) is 11.7. The minimum atomic E-state index is -0.356. The summed E-state index contributed by atoms with van der Waals surface area (Å²) < 4.78 is 11.7. The van der Waals surface area contributed by atoms with Crippen LogP contribution < -0.4 is 9.47 Å². The Balaban J connectivity index is 2.38. The number of methoxy groups -OCH3 is 1. The van der Waals surface area contributed by atoms with Crippen LogP contribution in [0.3, 0.4) is 0 Å². The first-order valence-corrected chi connectivity index (χ1v) is 8.07. The Morgan fingerprint density at radius 3 is 2.48 bits per heavy atom. The van der Waals surface area contributed by atoms with Crippen molar-refractivity contribution >= 4 is 39.1 Å². The molecule has 2 rings (SSSR count). The Kier molecular flexibility index (Phi) is 5.80. The van der Waals surface area contributed by atoms with Gasteiger partial charge in [0.2, 0.25) is 0 Å². The van der Waals surface area contributed by atoms with Crippen molar-refractivity contribution < 1.29 is 9.47 Å². The molecule has 21 heavy (non-hydrogen) atoms. The predicted molar refractivity (Wildman–Crippen MR) is 91.0 cm³/mol. The first-order chi connectivity index (χ1) is 10.1. The van der Waals surface area contributed by atoms with Gasteiger partial charge in [-0.05, 0) is 58.7 Å². The van der Waals surface area contributed by atoms with E-state index in [1.54, 1.807) is 13.2 Å². The second kappa shape index (κ2) is 7.39. The molecule has 0 spiro atoms. The van der Waals surface area contributed by atoms with Crippen molar-refractivity contribution in [1.29, 1.82) is 0 Å².